The highest BCUT2D eigenvalue weighted by atomic mass is 16.6. The van der Waals surface area contributed by atoms with E-state index in [1.54, 1.807) is 28.0 Å². The maximum atomic E-state index is 13.3. The van der Waals surface area contributed by atoms with Gasteiger partial charge in [0.1, 0.15) is 11.7 Å². The number of pyridine rings is 1. The molecular formula is C28H34N4O6. The van der Waals surface area contributed by atoms with Crippen LogP contribution in [-0.2, 0) is 14.3 Å². The Labute approximate surface area is 222 Å². The Balaban J connectivity index is 1.35. The van der Waals surface area contributed by atoms with Crippen LogP contribution in [0.1, 0.15) is 49.0 Å². The number of carbonyl (C=O) groups excluding carboxylic acids is 3. The standard InChI is InChI=1S/C28H34N4O6/c33-25(34)14-13-24(30-26(35)23-12-6-11-22(29-23)21-9-2-1-3-10-21)27(36)31-15-17-32(18-16-31)28(37)38-19-20-7-4-5-8-20/h1-3,6,9-12,20,24H,4-5,7-8,13-19H2,(H,30,35)(H,33,34)/t24-/m0/s1. The maximum absolute atomic E-state index is 13.3. The first kappa shape index (κ1) is 27.1. The zero-order chi connectivity index (χ0) is 26.9. The zero-order valence-corrected chi connectivity index (χ0v) is 21.4. The van der Waals surface area contributed by atoms with Crippen LogP contribution in [-0.4, -0.2) is 82.6 Å². The van der Waals surface area contributed by atoms with Gasteiger partial charge in [0, 0.05) is 38.2 Å². The number of nitrogens with zero attached hydrogens (tertiary/aromatic N) is 3. The number of nitrogens with one attached hydrogen (secondary N) is 1. The molecule has 1 saturated carbocycles. The Kier molecular flexibility index (Phi) is 9.29. The predicted molar refractivity (Wildman–Crippen MR) is 139 cm³/mol. The second-order valence-corrected chi connectivity index (χ2v) is 9.77. The summed E-state index contributed by atoms with van der Waals surface area (Å²) in [5.41, 5.74) is 1.59. The summed E-state index contributed by atoms with van der Waals surface area (Å²) in [5, 5.41) is 11.9. The molecule has 202 valence electrons. The number of carboxylic acid groups (broad SMARTS) is 1. The maximum Gasteiger partial charge on any atom is 0.409 e. The molecule has 0 bridgehead atoms. The smallest absolute Gasteiger partial charge is 0.409 e. The number of amides is 3. The monoisotopic (exact) mass is 522 g/mol. The molecule has 10 heteroatoms. The van der Waals surface area contributed by atoms with Crippen molar-refractivity contribution < 1.29 is 29.0 Å². The van der Waals surface area contributed by atoms with Crippen molar-refractivity contribution in [3.63, 3.8) is 0 Å². The van der Waals surface area contributed by atoms with Gasteiger partial charge >= 0.3 is 12.1 Å². The molecular weight excluding hydrogens is 488 g/mol. The van der Waals surface area contributed by atoms with Crippen LogP contribution in [0, 0.1) is 5.92 Å². The highest BCUT2D eigenvalue weighted by Gasteiger charge is 2.31. The van der Waals surface area contributed by atoms with Crippen molar-refractivity contribution in [1.29, 1.82) is 0 Å². The number of ether oxygens (including phenoxy) is 1. The van der Waals surface area contributed by atoms with Gasteiger partial charge in [0.15, 0.2) is 0 Å². The normalized spacial score (nSPS) is 16.6. The Morgan fingerprint density at radius 1 is 0.947 bits per heavy atom. The number of aliphatic carboxylic acids is 1. The molecule has 3 amide bonds. The Morgan fingerprint density at radius 3 is 2.32 bits per heavy atom. The Hall–Kier alpha value is -3.95. The van der Waals surface area contributed by atoms with Crippen LogP contribution in [0.15, 0.2) is 48.5 Å². The average Bonchev–Trinajstić information content (AvgIpc) is 3.48. The Bertz CT molecular complexity index is 1130. The minimum Gasteiger partial charge on any atom is -0.481 e. The van der Waals surface area contributed by atoms with E-state index in [0.717, 1.165) is 18.4 Å². The largest absolute Gasteiger partial charge is 0.481 e. The Morgan fingerprint density at radius 2 is 1.63 bits per heavy atom. The van der Waals surface area contributed by atoms with Crippen LogP contribution in [0.2, 0.25) is 0 Å². The fourth-order valence-corrected chi connectivity index (χ4v) is 4.88. The van der Waals surface area contributed by atoms with Crippen molar-refractivity contribution in [1.82, 2.24) is 20.1 Å². The second kappa shape index (κ2) is 13.0. The van der Waals surface area contributed by atoms with Crippen LogP contribution in [0.4, 0.5) is 4.79 Å². The van der Waals surface area contributed by atoms with Crippen molar-refractivity contribution in [2.24, 2.45) is 5.92 Å². The predicted octanol–water partition coefficient (Wildman–Crippen LogP) is 3.18. The summed E-state index contributed by atoms with van der Waals surface area (Å²) in [4.78, 5) is 57.6. The summed E-state index contributed by atoms with van der Waals surface area (Å²) in [6.07, 6.45) is 3.83. The molecule has 2 aromatic rings. The van der Waals surface area contributed by atoms with E-state index in [0.29, 0.717) is 31.3 Å². The van der Waals surface area contributed by atoms with E-state index in [4.69, 9.17) is 4.74 Å². The molecule has 1 saturated heterocycles. The fourth-order valence-electron chi connectivity index (χ4n) is 4.88. The van der Waals surface area contributed by atoms with Crippen molar-refractivity contribution in [3.05, 3.63) is 54.2 Å². The summed E-state index contributed by atoms with van der Waals surface area (Å²) in [7, 11) is 0. The number of hydrogen-bond acceptors (Lipinski definition) is 6. The molecule has 1 aromatic heterocycles. The first-order valence-electron chi connectivity index (χ1n) is 13.2. The van der Waals surface area contributed by atoms with Crippen LogP contribution >= 0.6 is 0 Å². The van der Waals surface area contributed by atoms with Gasteiger partial charge in [0.05, 0.1) is 12.3 Å². The van der Waals surface area contributed by atoms with Crippen LogP contribution in [0.5, 0.6) is 0 Å². The lowest BCUT2D eigenvalue weighted by atomic mass is 10.1. The molecule has 2 heterocycles. The van der Waals surface area contributed by atoms with Gasteiger partial charge in [-0.25, -0.2) is 9.78 Å². The van der Waals surface area contributed by atoms with Gasteiger partial charge in [0.25, 0.3) is 5.91 Å². The summed E-state index contributed by atoms with van der Waals surface area (Å²) in [6.45, 7) is 1.61. The summed E-state index contributed by atoms with van der Waals surface area (Å²) < 4.78 is 5.47. The topological polar surface area (TPSA) is 129 Å². The van der Waals surface area contributed by atoms with E-state index in [9.17, 15) is 24.3 Å². The van der Waals surface area contributed by atoms with E-state index < -0.39 is 17.9 Å². The number of piperazine rings is 1. The molecule has 2 fully saturated rings. The highest BCUT2D eigenvalue weighted by Crippen LogP contribution is 2.25. The second-order valence-electron chi connectivity index (χ2n) is 9.77. The van der Waals surface area contributed by atoms with E-state index in [-0.39, 0.29) is 43.6 Å². The third kappa shape index (κ3) is 7.30. The molecule has 10 nitrogen and oxygen atoms in total. The first-order valence-corrected chi connectivity index (χ1v) is 13.2. The van der Waals surface area contributed by atoms with Gasteiger partial charge in [0.2, 0.25) is 5.91 Å². The van der Waals surface area contributed by atoms with Crippen molar-refractivity contribution >= 4 is 23.9 Å². The summed E-state index contributed by atoms with van der Waals surface area (Å²) >= 11 is 0. The number of benzene rings is 1. The van der Waals surface area contributed by atoms with Gasteiger partial charge < -0.3 is 25.0 Å². The lowest BCUT2D eigenvalue weighted by Crippen LogP contribution is -2.56. The minimum atomic E-state index is -1.06. The number of carbonyl (C=O) groups is 4. The van der Waals surface area contributed by atoms with E-state index in [1.807, 2.05) is 30.3 Å². The molecule has 1 atom stereocenters. The molecule has 1 aromatic carbocycles. The lowest BCUT2D eigenvalue weighted by molar-refractivity contribution is -0.138. The van der Waals surface area contributed by atoms with Crippen molar-refractivity contribution in [3.8, 4) is 11.3 Å². The molecule has 0 unspecified atom stereocenters. The molecule has 0 radical (unpaired) electrons. The molecule has 38 heavy (non-hydrogen) atoms. The number of hydrogen-bond donors (Lipinski definition) is 2. The average molecular weight is 523 g/mol. The van der Waals surface area contributed by atoms with Crippen molar-refractivity contribution in [2.75, 3.05) is 32.8 Å². The van der Waals surface area contributed by atoms with Gasteiger partial charge in [-0.05, 0) is 37.3 Å². The number of rotatable bonds is 9. The molecule has 1 aliphatic heterocycles. The third-order valence-electron chi connectivity index (χ3n) is 7.07. The molecule has 1 aliphatic carbocycles. The highest BCUT2D eigenvalue weighted by molar-refractivity contribution is 5.96. The van der Waals surface area contributed by atoms with Crippen LogP contribution < -0.4 is 5.32 Å². The van der Waals surface area contributed by atoms with E-state index >= 15 is 0 Å². The molecule has 2 N–H and O–H groups in total. The van der Waals surface area contributed by atoms with Gasteiger partial charge in [-0.15, -0.1) is 0 Å². The quantitative estimate of drug-likeness (QED) is 0.517. The molecule has 0 spiro atoms. The summed E-state index contributed by atoms with van der Waals surface area (Å²) in [6, 6.07) is 13.4. The zero-order valence-electron chi connectivity index (χ0n) is 21.4. The molecule has 4 rings (SSSR count). The van der Waals surface area contributed by atoms with Gasteiger partial charge in [-0.2, -0.15) is 0 Å². The van der Waals surface area contributed by atoms with Crippen molar-refractivity contribution in [2.45, 2.75) is 44.6 Å². The minimum absolute atomic E-state index is 0.0536. The number of carboxylic acids is 1. The summed E-state index contributed by atoms with van der Waals surface area (Å²) in [5.74, 6) is -1.56. The lowest BCUT2D eigenvalue weighted by Gasteiger charge is -2.36. The van der Waals surface area contributed by atoms with Crippen LogP contribution in [0.3, 0.4) is 0 Å². The van der Waals surface area contributed by atoms with Crippen LogP contribution in [0.25, 0.3) is 11.3 Å². The number of aromatic nitrogens is 1. The molecule has 2 aliphatic rings. The van der Waals surface area contributed by atoms with E-state index in [2.05, 4.69) is 10.3 Å². The fraction of sp³-hybridized carbons (Fsp3) is 0.464. The SMILES string of the molecule is O=C(O)CC[C@H](NC(=O)c1cccc(-c2ccccc2)n1)C(=O)N1CCN(C(=O)OCC2CCCC2)CC1. The van der Waals surface area contributed by atoms with Gasteiger partial charge in [-0.3, -0.25) is 14.4 Å². The van der Waals surface area contributed by atoms with E-state index in [1.165, 1.54) is 12.8 Å². The third-order valence-corrected chi connectivity index (χ3v) is 7.07. The first-order chi connectivity index (χ1) is 18.4. The van der Waals surface area contributed by atoms with Gasteiger partial charge in [-0.1, -0.05) is 49.2 Å².